The van der Waals surface area contributed by atoms with E-state index < -0.39 is 0 Å². The maximum atomic E-state index is 7.46. The Labute approximate surface area is 156 Å². The van der Waals surface area contributed by atoms with E-state index in [0.29, 0.717) is 11.3 Å². The van der Waals surface area contributed by atoms with Gasteiger partial charge in [-0.3, -0.25) is 0 Å². The van der Waals surface area contributed by atoms with E-state index in [-0.39, 0.29) is 0 Å². The molecule has 0 saturated heterocycles. The number of methoxy groups -OCH3 is 1. The molecule has 0 aliphatic rings. The largest absolute Gasteiger partial charge is 0.496 e. The molecule has 0 spiro atoms. The number of allylic oxidation sites excluding steroid dienone is 1. The fourth-order valence-corrected chi connectivity index (χ4v) is 2.80. The Hall–Kier alpha value is -2.79. The summed E-state index contributed by atoms with van der Waals surface area (Å²) in [5.74, 6) is 0.710. The van der Waals surface area contributed by atoms with Gasteiger partial charge in [0, 0.05) is 62.0 Å². The van der Waals surface area contributed by atoms with Crippen molar-refractivity contribution >= 4 is 17.5 Å². The van der Waals surface area contributed by atoms with Crippen LogP contribution in [0.1, 0.15) is 16.7 Å². The van der Waals surface area contributed by atoms with Gasteiger partial charge in [-0.1, -0.05) is 29.8 Å². The predicted molar refractivity (Wildman–Crippen MR) is 110 cm³/mol. The summed E-state index contributed by atoms with van der Waals surface area (Å²) in [4.78, 5) is 2.17. The van der Waals surface area contributed by atoms with Crippen LogP contribution in [0.2, 0.25) is 0 Å². The normalized spacial score (nSPS) is 11.3. The molecule has 0 aliphatic heterocycles. The summed E-state index contributed by atoms with van der Waals surface area (Å²) in [5.41, 5.74) is 10.7. The van der Waals surface area contributed by atoms with Gasteiger partial charge in [0.15, 0.2) is 0 Å². The molecule has 0 saturated carbocycles. The van der Waals surface area contributed by atoms with E-state index in [4.69, 9.17) is 15.9 Å². The number of hydrogen-bond acceptors (Lipinski definition) is 5. The van der Waals surface area contributed by atoms with Crippen LogP contribution >= 0.6 is 0 Å². The van der Waals surface area contributed by atoms with Crippen LogP contribution in [-0.4, -0.2) is 33.5 Å². The van der Waals surface area contributed by atoms with Gasteiger partial charge in [0.25, 0.3) is 0 Å². The quantitative estimate of drug-likeness (QED) is 0.479. The molecule has 0 heterocycles. The summed E-state index contributed by atoms with van der Waals surface area (Å²) in [6.45, 7) is 4.72. The van der Waals surface area contributed by atoms with E-state index in [1.54, 1.807) is 7.11 Å². The molecule has 2 rings (SSSR count). The summed E-state index contributed by atoms with van der Waals surface area (Å²) in [5, 5.41) is 10.9. The van der Waals surface area contributed by atoms with Crippen LogP contribution in [0.25, 0.3) is 5.57 Å². The molecule has 0 aliphatic carbocycles. The van der Waals surface area contributed by atoms with Crippen molar-refractivity contribution in [3.8, 4) is 5.75 Å². The van der Waals surface area contributed by atoms with Gasteiger partial charge in [-0.2, -0.15) is 0 Å². The van der Waals surface area contributed by atoms with E-state index in [0.717, 1.165) is 30.9 Å². The molecule has 138 valence electrons. The molecular formula is C21H28N4O. The highest BCUT2D eigenvalue weighted by Gasteiger charge is 2.10. The van der Waals surface area contributed by atoms with Crippen LogP contribution < -0.4 is 20.7 Å². The average Bonchev–Trinajstić information content (AvgIpc) is 2.66. The number of likely N-dealkylation sites (N-methyl/N-ethyl adjacent to an activating group) is 1. The molecule has 2 aromatic carbocycles. The van der Waals surface area contributed by atoms with Crippen molar-refractivity contribution in [2.45, 2.75) is 13.5 Å². The van der Waals surface area contributed by atoms with Crippen molar-refractivity contribution in [2.24, 2.45) is 5.73 Å². The van der Waals surface area contributed by atoms with E-state index in [9.17, 15) is 0 Å². The number of hydrogen-bond donors (Lipinski definition) is 3. The van der Waals surface area contributed by atoms with Gasteiger partial charge in [-0.15, -0.1) is 0 Å². The molecular weight excluding hydrogens is 324 g/mol. The summed E-state index contributed by atoms with van der Waals surface area (Å²) in [6.07, 6.45) is 2.65. The first-order valence-electron chi connectivity index (χ1n) is 8.67. The fraction of sp³-hybridized carbons (Fsp3) is 0.286. The highest BCUT2D eigenvalue weighted by Crippen LogP contribution is 2.29. The van der Waals surface area contributed by atoms with E-state index in [1.165, 1.54) is 23.5 Å². The smallest absolute Gasteiger partial charge is 0.128 e. The molecule has 26 heavy (non-hydrogen) atoms. The summed E-state index contributed by atoms with van der Waals surface area (Å²) in [6, 6.07) is 14.5. The number of nitrogens with one attached hydrogen (secondary N) is 2. The topological polar surface area (TPSA) is 74.4 Å². The van der Waals surface area contributed by atoms with Gasteiger partial charge in [-0.25, -0.2) is 0 Å². The van der Waals surface area contributed by atoms with E-state index >= 15 is 0 Å². The van der Waals surface area contributed by atoms with Crippen LogP contribution in [0.4, 0.5) is 5.69 Å². The van der Waals surface area contributed by atoms with Crippen LogP contribution in [0.15, 0.2) is 48.7 Å². The number of rotatable bonds is 9. The predicted octanol–water partition coefficient (Wildman–Crippen LogP) is 3.18. The second kappa shape index (κ2) is 9.63. The molecule has 0 radical (unpaired) electrons. The monoisotopic (exact) mass is 352 g/mol. The lowest BCUT2D eigenvalue weighted by Gasteiger charge is -2.21. The Morgan fingerprint density at radius 1 is 1.27 bits per heavy atom. The third kappa shape index (κ3) is 5.10. The first-order chi connectivity index (χ1) is 12.6. The van der Waals surface area contributed by atoms with Crippen molar-refractivity contribution in [2.75, 3.05) is 32.1 Å². The van der Waals surface area contributed by atoms with Crippen LogP contribution in [0, 0.1) is 12.3 Å². The molecule has 2 aromatic rings. The van der Waals surface area contributed by atoms with E-state index in [1.807, 2.05) is 18.2 Å². The number of benzene rings is 2. The molecule has 0 amide bonds. The first kappa shape index (κ1) is 19.5. The van der Waals surface area contributed by atoms with Gasteiger partial charge in [0.1, 0.15) is 5.75 Å². The molecule has 0 aromatic heterocycles. The molecule has 5 nitrogen and oxygen atoms in total. The minimum Gasteiger partial charge on any atom is -0.496 e. The maximum absolute atomic E-state index is 7.46. The number of nitrogens with zero attached hydrogens (tertiary/aromatic N) is 1. The van der Waals surface area contributed by atoms with Crippen molar-refractivity contribution < 1.29 is 4.74 Å². The molecule has 0 unspecified atom stereocenters. The Morgan fingerprint density at radius 2 is 2.08 bits per heavy atom. The SMILES string of the molecule is COc1cc(N(C)CCNCc2cccc(C)c2)ccc1/C(C=N)=C/N. The maximum Gasteiger partial charge on any atom is 0.128 e. The Bertz CT molecular complexity index is 770. The van der Waals surface area contributed by atoms with Crippen LogP contribution in [-0.2, 0) is 6.54 Å². The standard InChI is InChI=1S/C21H28N4O/c1-16-5-4-6-17(11-16)15-24-9-10-25(2)19-7-8-20(18(13-22)14-23)21(12-19)26-3/h4-8,11-14,22,24H,9-10,15,23H2,1-3H3/b18-14+,22-13?. The van der Waals surface area contributed by atoms with Crippen LogP contribution in [0.5, 0.6) is 5.75 Å². The zero-order valence-electron chi connectivity index (χ0n) is 15.8. The molecule has 4 N–H and O–H groups in total. The van der Waals surface area contributed by atoms with Crippen LogP contribution in [0.3, 0.4) is 0 Å². The van der Waals surface area contributed by atoms with Crippen molar-refractivity contribution in [1.29, 1.82) is 5.41 Å². The lowest BCUT2D eigenvalue weighted by atomic mass is 10.1. The van der Waals surface area contributed by atoms with Gasteiger partial charge >= 0.3 is 0 Å². The Balaban J connectivity index is 1.94. The lowest BCUT2D eigenvalue weighted by Crippen LogP contribution is -2.28. The fourth-order valence-electron chi connectivity index (χ4n) is 2.80. The number of aryl methyl sites for hydroxylation is 1. The van der Waals surface area contributed by atoms with Gasteiger partial charge in [0.05, 0.1) is 7.11 Å². The second-order valence-corrected chi connectivity index (χ2v) is 6.24. The van der Waals surface area contributed by atoms with Crippen molar-refractivity contribution in [1.82, 2.24) is 5.32 Å². The Kier molecular flexibility index (Phi) is 7.24. The van der Waals surface area contributed by atoms with Gasteiger partial charge < -0.3 is 26.1 Å². The molecule has 0 atom stereocenters. The second-order valence-electron chi connectivity index (χ2n) is 6.24. The number of nitrogens with two attached hydrogens (primary N) is 1. The Morgan fingerprint density at radius 3 is 2.73 bits per heavy atom. The third-order valence-corrected chi connectivity index (χ3v) is 4.31. The average molecular weight is 352 g/mol. The highest BCUT2D eigenvalue weighted by molar-refractivity contribution is 6.09. The summed E-state index contributed by atoms with van der Waals surface area (Å²) >= 11 is 0. The molecule has 0 bridgehead atoms. The third-order valence-electron chi connectivity index (χ3n) is 4.31. The minimum atomic E-state index is 0.635. The first-order valence-corrected chi connectivity index (χ1v) is 8.67. The highest BCUT2D eigenvalue weighted by atomic mass is 16.5. The zero-order valence-corrected chi connectivity index (χ0v) is 15.8. The zero-order chi connectivity index (χ0) is 18.9. The summed E-state index contributed by atoms with van der Waals surface area (Å²) < 4.78 is 5.47. The van der Waals surface area contributed by atoms with Crippen molar-refractivity contribution in [3.05, 3.63) is 65.4 Å². The number of anilines is 1. The molecule has 0 fully saturated rings. The molecule has 5 heteroatoms. The van der Waals surface area contributed by atoms with Crippen molar-refractivity contribution in [3.63, 3.8) is 0 Å². The number of ether oxygens (including phenoxy) is 1. The van der Waals surface area contributed by atoms with E-state index in [2.05, 4.69) is 48.5 Å². The van der Waals surface area contributed by atoms with Gasteiger partial charge in [0.2, 0.25) is 0 Å². The lowest BCUT2D eigenvalue weighted by molar-refractivity contribution is 0.413. The van der Waals surface area contributed by atoms with Gasteiger partial charge in [-0.05, 0) is 24.6 Å². The minimum absolute atomic E-state index is 0.635. The summed E-state index contributed by atoms with van der Waals surface area (Å²) in [7, 11) is 3.68.